The number of aromatic nitrogens is 1. The van der Waals surface area contributed by atoms with E-state index in [2.05, 4.69) is 10.3 Å². The highest BCUT2D eigenvalue weighted by Crippen LogP contribution is 2.07. The van der Waals surface area contributed by atoms with Crippen molar-refractivity contribution in [1.29, 1.82) is 0 Å². The molecule has 1 rings (SSSR count). The Morgan fingerprint density at radius 1 is 1.35 bits per heavy atom. The van der Waals surface area contributed by atoms with Gasteiger partial charge in [0.05, 0.1) is 19.8 Å². The second-order valence-electron chi connectivity index (χ2n) is 3.88. The van der Waals surface area contributed by atoms with Crippen LogP contribution in [0, 0.1) is 6.92 Å². The van der Waals surface area contributed by atoms with Crippen molar-refractivity contribution in [3.8, 4) is 0 Å². The smallest absolute Gasteiger partial charge is 0.270 e. The third-order valence-corrected chi connectivity index (χ3v) is 2.51. The van der Waals surface area contributed by atoms with E-state index >= 15 is 0 Å². The maximum absolute atomic E-state index is 11.9. The van der Waals surface area contributed by atoms with Crippen molar-refractivity contribution >= 4 is 5.91 Å². The van der Waals surface area contributed by atoms with Gasteiger partial charge < -0.3 is 20.6 Å². The summed E-state index contributed by atoms with van der Waals surface area (Å²) in [5.41, 5.74) is -0.555. The van der Waals surface area contributed by atoms with Gasteiger partial charge in [0, 0.05) is 6.20 Å². The summed E-state index contributed by atoms with van der Waals surface area (Å²) in [4.78, 5) is 15.8. The quantitative estimate of drug-likeness (QED) is 0.519. The predicted molar refractivity (Wildman–Crippen MR) is 60.4 cm³/mol. The Balaban J connectivity index is 2.89. The van der Waals surface area contributed by atoms with Crippen LogP contribution < -0.4 is 5.32 Å². The van der Waals surface area contributed by atoms with Gasteiger partial charge in [-0.3, -0.25) is 9.78 Å². The number of aryl methyl sites for hydroxylation is 1. The second kappa shape index (κ2) is 5.72. The van der Waals surface area contributed by atoms with Crippen molar-refractivity contribution in [1.82, 2.24) is 10.3 Å². The number of carbonyl (C=O) groups excluding carboxylic acids is 1. The van der Waals surface area contributed by atoms with Crippen molar-refractivity contribution < 1.29 is 20.1 Å². The Morgan fingerprint density at radius 3 is 2.41 bits per heavy atom. The molecule has 0 radical (unpaired) electrons. The second-order valence-corrected chi connectivity index (χ2v) is 3.88. The minimum Gasteiger partial charge on any atom is -0.394 e. The molecule has 1 heterocycles. The van der Waals surface area contributed by atoms with Crippen LogP contribution in [0.4, 0.5) is 0 Å². The minimum atomic E-state index is -1.43. The third kappa shape index (κ3) is 3.00. The van der Waals surface area contributed by atoms with E-state index in [0.29, 0.717) is 5.56 Å². The van der Waals surface area contributed by atoms with Gasteiger partial charge in [-0.1, -0.05) is 6.07 Å². The summed E-state index contributed by atoms with van der Waals surface area (Å²) >= 11 is 0. The van der Waals surface area contributed by atoms with Crippen molar-refractivity contribution in [3.05, 3.63) is 29.6 Å². The molecule has 17 heavy (non-hydrogen) atoms. The number of amides is 1. The molecular weight excluding hydrogens is 224 g/mol. The molecule has 0 aliphatic carbocycles. The van der Waals surface area contributed by atoms with Gasteiger partial charge in [0.1, 0.15) is 11.2 Å². The van der Waals surface area contributed by atoms with Gasteiger partial charge in [-0.25, -0.2) is 0 Å². The molecule has 0 atom stereocenters. The zero-order chi connectivity index (χ0) is 12.9. The van der Waals surface area contributed by atoms with E-state index in [4.69, 9.17) is 15.3 Å². The fourth-order valence-corrected chi connectivity index (χ4v) is 1.29. The van der Waals surface area contributed by atoms with Gasteiger partial charge in [-0.15, -0.1) is 0 Å². The number of aliphatic hydroxyl groups is 3. The molecule has 6 heteroatoms. The molecule has 0 aliphatic rings. The molecule has 0 fully saturated rings. The van der Waals surface area contributed by atoms with Crippen molar-refractivity contribution in [2.45, 2.75) is 12.5 Å². The molecule has 6 nitrogen and oxygen atoms in total. The van der Waals surface area contributed by atoms with Crippen LogP contribution in [-0.4, -0.2) is 51.6 Å². The molecule has 0 saturated heterocycles. The number of aliphatic hydroxyl groups excluding tert-OH is 3. The Hall–Kier alpha value is -1.50. The van der Waals surface area contributed by atoms with Gasteiger partial charge in [0.15, 0.2) is 0 Å². The Morgan fingerprint density at radius 2 is 1.94 bits per heavy atom. The summed E-state index contributed by atoms with van der Waals surface area (Å²) in [6, 6.07) is 3.42. The Labute approximate surface area is 98.9 Å². The van der Waals surface area contributed by atoms with Gasteiger partial charge in [0.2, 0.25) is 0 Å². The van der Waals surface area contributed by atoms with Crippen LogP contribution >= 0.6 is 0 Å². The average Bonchev–Trinajstić information content (AvgIpc) is 2.36. The number of hydrogen-bond acceptors (Lipinski definition) is 5. The van der Waals surface area contributed by atoms with Gasteiger partial charge in [-0.2, -0.15) is 0 Å². The molecule has 0 aromatic carbocycles. The lowest BCUT2D eigenvalue weighted by molar-refractivity contribution is 0.0373. The van der Waals surface area contributed by atoms with E-state index in [1.807, 2.05) is 0 Å². The largest absolute Gasteiger partial charge is 0.394 e. The van der Waals surface area contributed by atoms with Crippen molar-refractivity contribution in [2.75, 3.05) is 19.8 Å². The predicted octanol–water partition coefficient (Wildman–Crippen LogP) is -1.16. The molecule has 4 N–H and O–H groups in total. The van der Waals surface area contributed by atoms with Gasteiger partial charge >= 0.3 is 0 Å². The SMILES string of the molecule is Cc1cccnc1C(=O)NC(CO)(CO)CO. The Bertz CT molecular complexity index is 383. The summed E-state index contributed by atoms with van der Waals surface area (Å²) in [5, 5.41) is 29.6. The molecule has 1 amide bonds. The highest BCUT2D eigenvalue weighted by molar-refractivity contribution is 5.94. The molecule has 0 unspecified atom stereocenters. The Kier molecular flexibility index (Phi) is 4.56. The number of nitrogens with zero attached hydrogens (tertiary/aromatic N) is 1. The summed E-state index contributed by atoms with van der Waals surface area (Å²) in [6.45, 7) is 0.0489. The summed E-state index contributed by atoms with van der Waals surface area (Å²) in [5.74, 6) is -0.541. The molecule has 0 spiro atoms. The molecule has 94 valence electrons. The lowest BCUT2D eigenvalue weighted by Crippen LogP contribution is -2.57. The maximum Gasteiger partial charge on any atom is 0.270 e. The van der Waals surface area contributed by atoms with E-state index in [9.17, 15) is 4.79 Å². The van der Waals surface area contributed by atoms with E-state index in [0.717, 1.165) is 0 Å². The van der Waals surface area contributed by atoms with Crippen LogP contribution in [0.2, 0.25) is 0 Å². The first-order valence-electron chi connectivity index (χ1n) is 5.15. The number of rotatable bonds is 5. The summed E-state index contributed by atoms with van der Waals surface area (Å²) in [6.07, 6.45) is 1.47. The summed E-state index contributed by atoms with van der Waals surface area (Å²) < 4.78 is 0. The zero-order valence-electron chi connectivity index (χ0n) is 9.55. The summed E-state index contributed by atoms with van der Waals surface area (Å²) in [7, 11) is 0. The van der Waals surface area contributed by atoms with Crippen molar-refractivity contribution in [2.24, 2.45) is 0 Å². The number of nitrogens with one attached hydrogen (secondary N) is 1. The standard InChI is InChI=1S/C11H16N2O4/c1-8-3-2-4-12-9(8)10(17)13-11(5-14,6-15)7-16/h2-4,14-16H,5-7H2,1H3,(H,13,17). The number of carbonyl (C=O) groups is 1. The zero-order valence-corrected chi connectivity index (χ0v) is 9.55. The maximum atomic E-state index is 11.9. The highest BCUT2D eigenvalue weighted by Gasteiger charge is 2.31. The fourth-order valence-electron chi connectivity index (χ4n) is 1.29. The van der Waals surface area contributed by atoms with Gasteiger partial charge in [-0.05, 0) is 18.6 Å². The number of hydrogen-bond donors (Lipinski definition) is 4. The minimum absolute atomic E-state index is 0.201. The monoisotopic (exact) mass is 240 g/mol. The molecule has 0 aliphatic heterocycles. The number of pyridine rings is 1. The molecule has 0 bridgehead atoms. The van der Waals surface area contributed by atoms with E-state index < -0.39 is 31.3 Å². The van der Waals surface area contributed by atoms with Crippen LogP contribution in [0.5, 0.6) is 0 Å². The van der Waals surface area contributed by atoms with Crippen LogP contribution in [0.1, 0.15) is 16.1 Å². The topological polar surface area (TPSA) is 103 Å². The van der Waals surface area contributed by atoms with Gasteiger partial charge in [0.25, 0.3) is 5.91 Å². The first kappa shape index (κ1) is 13.6. The van der Waals surface area contributed by atoms with E-state index in [1.54, 1.807) is 19.1 Å². The van der Waals surface area contributed by atoms with Crippen LogP contribution in [0.15, 0.2) is 18.3 Å². The van der Waals surface area contributed by atoms with Crippen LogP contribution in [0.3, 0.4) is 0 Å². The van der Waals surface area contributed by atoms with Crippen molar-refractivity contribution in [3.63, 3.8) is 0 Å². The first-order valence-corrected chi connectivity index (χ1v) is 5.15. The fraction of sp³-hybridized carbons (Fsp3) is 0.455. The van der Waals surface area contributed by atoms with E-state index in [-0.39, 0.29) is 5.69 Å². The molecule has 1 aromatic rings. The van der Waals surface area contributed by atoms with Crippen LogP contribution in [-0.2, 0) is 0 Å². The third-order valence-electron chi connectivity index (χ3n) is 2.51. The highest BCUT2D eigenvalue weighted by atomic mass is 16.3. The molecular formula is C11H16N2O4. The normalized spacial score (nSPS) is 11.3. The first-order chi connectivity index (χ1) is 8.08. The van der Waals surface area contributed by atoms with Crippen LogP contribution in [0.25, 0.3) is 0 Å². The lowest BCUT2D eigenvalue weighted by atomic mass is 10.0. The molecule has 1 aromatic heterocycles. The average molecular weight is 240 g/mol. The lowest BCUT2D eigenvalue weighted by Gasteiger charge is -2.28. The van der Waals surface area contributed by atoms with E-state index in [1.165, 1.54) is 6.20 Å². The molecule has 0 saturated carbocycles.